The molecular formula is C18H29N3. The van der Waals surface area contributed by atoms with E-state index in [9.17, 15) is 0 Å². The molecule has 0 radical (unpaired) electrons. The van der Waals surface area contributed by atoms with Crippen LogP contribution < -0.4 is 0 Å². The minimum atomic E-state index is 0.681. The Bertz CT molecular complexity index is 454. The van der Waals surface area contributed by atoms with Gasteiger partial charge in [-0.1, -0.05) is 24.3 Å². The van der Waals surface area contributed by atoms with E-state index in [-0.39, 0.29) is 0 Å². The number of piperazine rings is 1. The molecule has 2 saturated heterocycles. The summed E-state index contributed by atoms with van der Waals surface area (Å²) < 4.78 is 0. The summed E-state index contributed by atoms with van der Waals surface area (Å²) in [6, 6.07) is 10.7. The van der Waals surface area contributed by atoms with Crippen LogP contribution in [0.5, 0.6) is 0 Å². The van der Waals surface area contributed by atoms with Crippen LogP contribution in [0.25, 0.3) is 0 Å². The molecule has 0 saturated carbocycles. The molecule has 2 fully saturated rings. The molecule has 3 rings (SSSR count). The number of benzene rings is 1. The van der Waals surface area contributed by atoms with Crippen LogP contribution in [0.2, 0.25) is 0 Å². The topological polar surface area (TPSA) is 9.72 Å². The molecule has 1 unspecified atom stereocenters. The van der Waals surface area contributed by atoms with Crippen molar-refractivity contribution in [1.82, 2.24) is 14.7 Å². The van der Waals surface area contributed by atoms with Crippen LogP contribution in [0, 0.1) is 0 Å². The summed E-state index contributed by atoms with van der Waals surface area (Å²) in [6.45, 7) is 8.34. The molecule has 0 amide bonds. The van der Waals surface area contributed by atoms with E-state index in [1.165, 1.54) is 43.6 Å². The number of rotatable bonds is 4. The highest BCUT2D eigenvalue weighted by molar-refractivity contribution is 5.22. The predicted molar refractivity (Wildman–Crippen MR) is 88.3 cm³/mol. The average molecular weight is 287 g/mol. The molecule has 0 aliphatic carbocycles. The van der Waals surface area contributed by atoms with Crippen LogP contribution in [0.1, 0.15) is 30.9 Å². The second-order valence-corrected chi connectivity index (χ2v) is 7.12. The Morgan fingerprint density at radius 2 is 1.81 bits per heavy atom. The summed E-state index contributed by atoms with van der Waals surface area (Å²) in [7, 11) is 4.24. The van der Waals surface area contributed by atoms with Crippen LogP contribution in [0.4, 0.5) is 0 Å². The SMILES string of the molecule is C[C@H]1CN2CCCC2CN1Cc1ccc(CN(C)C)cc1. The highest BCUT2D eigenvalue weighted by Gasteiger charge is 2.34. The first-order valence-corrected chi connectivity index (χ1v) is 8.32. The van der Waals surface area contributed by atoms with Crippen LogP contribution >= 0.6 is 0 Å². The molecule has 21 heavy (non-hydrogen) atoms. The van der Waals surface area contributed by atoms with Gasteiger partial charge in [0.25, 0.3) is 0 Å². The van der Waals surface area contributed by atoms with E-state index in [2.05, 4.69) is 60.0 Å². The van der Waals surface area contributed by atoms with Gasteiger partial charge in [-0.2, -0.15) is 0 Å². The second kappa shape index (κ2) is 6.47. The number of fused-ring (bicyclic) bond motifs is 1. The molecule has 3 nitrogen and oxygen atoms in total. The molecule has 2 heterocycles. The van der Waals surface area contributed by atoms with Crippen molar-refractivity contribution in [1.29, 1.82) is 0 Å². The molecule has 3 heteroatoms. The van der Waals surface area contributed by atoms with Gasteiger partial charge in [-0.15, -0.1) is 0 Å². The van der Waals surface area contributed by atoms with E-state index < -0.39 is 0 Å². The standard InChI is InChI=1S/C18H29N3/c1-15-11-20-10-4-5-18(20)14-21(15)13-17-8-6-16(7-9-17)12-19(2)3/h6-9,15,18H,4-5,10-14H2,1-3H3/t15-,18?/m0/s1. The lowest BCUT2D eigenvalue weighted by atomic mass is 10.1. The Balaban J connectivity index is 1.60. The number of nitrogens with zero attached hydrogens (tertiary/aromatic N) is 3. The van der Waals surface area contributed by atoms with Crippen molar-refractivity contribution in [3.63, 3.8) is 0 Å². The van der Waals surface area contributed by atoms with Gasteiger partial charge in [0.05, 0.1) is 0 Å². The molecule has 1 aromatic carbocycles. The highest BCUT2D eigenvalue weighted by atomic mass is 15.3. The summed E-state index contributed by atoms with van der Waals surface area (Å²) in [5.41, 5.74) is 2.85. The van der Waals surface area contributed by atoms with Crippen LogP contribution in [-0.2, 0) is 13.1 Å². The van der Waals surface area contributed by atoms with Crippen LogP contribution in [-0.4, -0.2) is 60.5 Å². The molecule has 0 bridgehead atoms. The fourth-order valence-corrected chi connectivity index (χ4v) is 3.82. The zero-order valence-electron chi connectivity index (χ0n) is 13.8. The number of hydrogen-bond donors (Lipinski definition) is 0. The Labute approximate surface area is 129 Å². The first-order chi connectivity index (χ1) is 10.1. The molecule has 2 atom stereocenters. The minimum Gasteiger partial charge on any atom is -0.305 e. The van der Waals surface area contributed by atoms with E-state index in [0.29, 0.717) is 6.04 Å². The van der Waals surface area contributed by atoms with Crippen LogP contribution in [0.15, 0.2) is 24.3 Å². The van der Waals surface area contributed by atoms with E-state index >= 15 is 0 Å². The summed E-state index contributed by atoms with van der Waals surface area (Å²) in [6.07, 6.45) is 2.79. The predicted octanol–water partition coefficient (Wildman–Crippen LogP) is 2.42. The van der Waals surface area contributed by atoms with Gasteiger partial charge in [0.1, 0.15) is 0 Å². The van der Waals surface area contributed by atoms with Gasteiger partial charge >= 0.3 is 0 Å². The molecule has 0 spiro atoms. The largest absolute Gasteiger partial charge is 0.305 e. The molecule has 1 aromatic rings. The molecule has 0 N–H and O–H groups in total. The molecule has 116 valence electrons. The summed E-state index contributed by atoms with van der Waals surface area (Å²) in [5.74, 6) is 0. The fraction of sp³-hybridized carbons (Fsp3) is 0.667. The lowest BCUT2D eigenvalue weighted by Crippen LogP contribution is -2.54. The zero-order chi connectivity index (χ0) is 14.8. The Kier molecular flexibility index (Phi) is 4.63. The average Bonchev–Trinajstić information content (AvgIpc) is 2.88. The maximum Gasteiger partial charge on any atom is 0.0237 e. The third kappa shape index (κ3) is 3.65. The van der Waals surface area contributed by atoms with Gasteiger partial charge in [0.15, 0.2) is 0 Å². The van der Waals surface area contributed by atoms with Crippen molar-refractivity contribution in [2.24, 2.45) is 0 Å². The summed E-state index contributed by atoms with van der Waals surface area (Å²) in [5, 5.41) is 0. The molecule has 0 aromatic heterocycles. The third-order valence-electron chi connectivity index (χ3n) is 4.97. The van der Waals surface area contributed by atoms with Crippen molar-refractivity contribution in [3.05, 3.63) is 35.4 Å². The Morgan fingerprint density at radius 1 is 1.10 bits per heavy atom. The fourth-order valence-electron chi connectivity index (χ4n) is 3.82. The third-order valence-corrected chi connectivity index (χ3v) is 4.97. The minimum absolute atomic E-state index is 0.681. The normalized spacial score (nSPS) is 27.2. The Hall–Kier alpha value is -0.900. The second-order valence-electron chi connectivity index (χ2n) is 7.12. The monoisotopic (exact) mass is 287 g/mol. The van der Waals surface area contributed by atoms with Gasteiger partial charge in [-0.25, -0.2) is 0 Å². The maximum atomic E-state index is 2.70. The van der Waals surface area contributed by atoms with E-state index in [4.69, 9.17) is 0 Å². The van der Waals surface area contributed by atoms with E-state index in [1.807, 2.05) is 0 Å². The van der Waals surface area contributed by atoms with Crippen LogP contribution in [0.3, 0.4) is 0 Å². The first kappa shape index (κ1) is 15.0. The highest BCUT2D eigenvalue weighted by Crippen LogP contribution is 2.25. The number of hydrogen-bond acceptors (Lipinski definition) is 3. The lowest BCUT2D eigenvalue weighted by molar-refractivity contribution is 0.0540. The zero-order valence-corrected chi connectivity index (χ0v) is 13.8. The van der Waals surface area contributed by atoms with Crippen molar-refractivity contribution in [3.8, 4) is 0 Å². The summed E-state index contributed by atoms with van der Waals surface area (Å²) >= 11 is 0. The lowest BCUT2D eigenvalue weighted by Gasteiger charge is -2.42. The van der Waals surface area contributed by atoms with E-state index in [1.54, 1.807) is 0 Å². The van der Waals surface area contributed by atoms with E-state index in [0.717, 1.165) is 19.1 Å². The molecular weight excluding hydrogens is 258 g/mol. The first-order valence-electron chi connectivity index (χ1n) is 8.32. The molecule has 2 aliphatic heterocycles. The smallest absolute Gasteiger partial charge is 0.0237 e. The van der Waals surface area contributed by atoms with Gasteiger partial charge < -0.3 is 4.90 Å². The van der Waals surface area contributed by atoms with Gasteiger partial charge in [-0.05, 0) is 51.5 Å². The van der Waals surface area contributed by atoms with Crippen molar-refractivity contribution < 1.29 is 0 Å². The van der Waals surface area contributed by atoms with Gasteiger partial charge in [-0.3, -0.25) is 9.80 Å². The van der Waals surface area contributed by atoms with Crippen molar-refractivity contribution in [2.75, 3.05) is 33.7 Å². The van der Waals surface area contributed by atoms with Crippen molar-refractivity contribution in [2.45, 2.75) is 44.9 Å². The quantitative estimate of drug-likeness (QED) is 0.842. The van der Waals surface area contributed by atoms with Gasteiger partial charge in [0, 0.05) is 38.3 Å². The van der Waals surface area contributed by atoms with Gasteiger partial charge in [0.2, 0.25) is 0 Å². The van der Waals surface area contributed by atoms with Crippen molar-refractivity contribution >= 4 is 0 Å². The molecule has 2 aliphatic rings. The maximum absolute atomic E-state index is 2.70. The Morgan fingerprint density at radius 3 is 2.52 bits per heavy atom. The summed E-state index contributed by atoms with van der Waals surface area (Å²) in [4.78, 5) is 7.59.